The summed E-state index contributed by atoms with van der Waals surface area (Å²) in [6.45, 7) is 4.95. The molecule has 1 aromatic carbocycles. The Labute approximate surface area is 217 Å². The molecule has 0 unspecified atom stereocenters. The van der Waals surface area contributed by atoms with Gasteiger partial charge in [-0.1, -0.05) is 12.1 Å². The number of aryl methyl sites for hydroxylation is 1. The summed E-state index contributed by atoms with van der Waals surface area (Å²) in [5, 5.41) is 11.8. The lowest BCUT2D eigenvalue weighted by Crippen LogP contribution is -2.36. The minimum absolute atomic E-state index is 0.0560. The molecule has 5 rings (SSSR count). The maximum absolute atomic E-state index is 12.1. The molecule has 1 aliphatic heterocycles. The summed E-state index contributed by atoms with van der Waals surface area (Å²) in [6.07, 6.45) is 1.35. The van der Waals surface area contributed by atoms with Crippen LogP contribution in [0.2, 0.25) is 0 Å². The van der Waals surface area contributed by atoms with Crippen molar-refractivity contribution >= 4 is 23.0 Å². The zero-order valence-electron chi connectivity index (χ0n) is 20.4. The van der Waals surface area contributed by atoms with Gasteiger partial charge in [-0.3, -0.25) is 0 Å². The van der Waals surface area contributed by atoms with Crippen molar-refractivity contribution in [2.75, 3.05) is 38.3 Å². The Morgan fingerprint density at radius 2 is 2.00 bits per heavy atom. The number of ether oxygens (including phenoxy) is 3. The second-order valence-corrected chi connectivity index (χ2v) is 9.29. The fourth-order valence-electron chi connectivity index (χ4n) is 4.18. The van der Waals surface area contributed by atoms with Crippen molar-refractivity contribution in [1.82, 2.24) is 9.97 Å². The van der Waals surface area contributed by atoms with Crippen LogP contribution in [0.25, 0.3) is 22.5 Å². The van der Waals surface area contributed by atoms with Crippen molar-refractivity contribution in [2.45, 2.75) is 13.5 Å². The van der Waals surface area contributed by atoms with E-state index < -0.39 is 5.97 Å². The van der Waals surface area contributed by atoms with E-state index in [-0.39, 0.29) is 18.1 Å². The van der Waals surface area contributed by atoms with Crippen LogP contribution in [0.15, 0.2) is 52.6 Å². The van der Waals surface area contributed by atoms with Gasteiger partial charge in [0.2, 0.25) is 5.88 Å². The Morgan fingerprint density at radius 3 is 2.68 bits per heavy atom. The number of methoxy groups -OCH3 is 1. The molecule has 0 saturated carbocycles. The number of nitrogens with zero attached hydrogens (tertiary/aromatic N) is 4. The first-order valence-electron chi connectivity index (χ1n) is 11.6. The van der Waals surface area contributed by atoms with Gasteiger partial charge in [-0.25, -0.2) is 14.8 Å². The fourth-order valence-corrected chi connectivity index (χ4v) is 4.95. The molecule has 37 heavy (non-hydrogen) atoms. The number of thiophene rings is 1. The van der Waals surface area contributed by atoms with E-state index in [4.69, 9.17) is 23.6 Å². The van der Waals surface area contributed by atoms with Gasteiger partial charge in [0, 0.05) is 29.9 Å². The standard InChI is InChI=1S/C27H24N4O5S/c1-17-25(29-16-36-17)21-13-23(18-3-5-19(6-4-18)31-8-10-34-11-9-31)30-26(22(21)14-28)35-15-24-20(7-12-37-24)27(32)33-2/h3-7,12-13,16H,8-11,15H2,1-2H3. The van der Waals surface area contributed by atoms with Crippen molar-refractivity contribution in [1.29, 1.82) is 5.26 Å². The first kappa shape index (κ1) is 24.5. The van der Waals surface area contributed by atoms with Gasteiger partial charge in [-0.2, -0.15) is 5.26 Å². The first-order chi connectivity index (χ1) is 18.1. The van der Waals surface area contributed by atoms with Crippen molar-refractivity contribution in [2.24, 2.45) is 0 Å². The number of anilines is 1. The molecule has 9 nitrogen and oxygen atoms in total. The molecule has 0 bridgehead atoms. The van der Waals surface area contributed by atoms with Gasteiger partial charge in [0.1, 0.15) is 29.7 Å². The number of oxazole rings is 1. The summed E-state index contributed by atoms with van der Waals surface area (Å²) in [4.78, 5) is 24.1. The summed E-state index contributed by atoms with van der Waals surface area (Å²) in [5.41, 5.74) is 4.36. The summed E-state index contributed by atoms with van der Waals surface area (Å²) >= 11 is 1.37. The van der Waals surface area contributed by atoms with Crippen LogP contribution in [0.4, 0.5) is 5.69 Å². The third kappa shape index (κ3) is 5.05. The number of esters is 1. The third-order valence-corrected chi connectivity index (χ3v) is 7.02. The van der Waals surface area contributed by atoms with Gasteiger partial charge in [-0.05, 0) is 36.6 Å². The van der Waals surface area contributed by atoms with E-state index in [2.05, 4.69) is 28.1 Å². The first-order valence-corrected chi connectivity index (χ1v) is 12.5. The Morgan fingerprint density at radius 1 is 1.22 bits per heavy atom. The van der Waals surface area contributed by atoms with Crippen LogP contribution < -0.4 is 9.64 Å². The summed E-state index contributed by atoms with van der Waals surface area (Å²) < 4.78 is 21.8. The van der Waals surface area contributed by atoms with Crippen LogP contribution in [-0.4, -0.2) is 49.4 Å². The SMILES string of the molecule is COC(=O)c1ccsc1COc1nc(-c2ccc(N3CCOCC3)cc2)cc(-c2ncoc2C)c1C#N. The van der Waals surface area contributed by atoms with E-state index in [1.165, 1.54) is 24.8 Å². The van der Waals surface area contributed by atoms with Crippen LogP contribution in [0, 0.1) is 18.3 Å². The van der Waals surface area contributed by atoms with Crippen molar-refractivity contribution in [3.8, 4) is 34.5 Å². The molecule has 10 heteroatoms. The molecular formula is C27H24N4O5S. The number of aromatic nitrogens is 2. The van der Waals surface area contributed by atoms with Crippen LogP contribution in [0.1, 0.15) is 26.6 Å². The lowest BCUT2D eigenvalue weighted by atomic mass is 10.0. The quantitative estimate of drug-likeness (QED) is 0.318. The number of benzene rings is 1. The predicted molar refractivity (Wildman–Crippen MR) is 138 cm³/mol. The van der Waals surface area contributed by atoms with Gasteiger partial charge in [-0.15, -0.1) is 11.3 Å². The van der Waals surface area contributed by atoms with Gasteiger partial charge < -0.3 is 23.5 Å². The van der Waals surface area contributed by atoms with Gasteiger partial charge >= 0.3 is 5.97 Å². The van der Waals surface area contributed by atoms with E-state index in [0.29, 0.717) is 46.4 Å². The molecule has 3 aromatic heterocycles. The Kier molecular flexibility index (Phi) is 7.16. The lowest BCUT2D eigenvalue weighted by molar-refractivity contribution is 0.0598. The van der Waals surface area contributed by atoms with Crippen molar-refractivity contribution in [3.63, 3.8) is 0 Å². The summed E-state index contributed by atoms with van der Waals surface area (Å²) in [5.74, 6) is 0.286. The zero-order chi connectivity index (χ0) is 25.8. The molecular weight excluding hydrogens is 492 g/mol. The smallest absolute Gasteiger partial charge is 0.339 e. The van der Waals surface area contributed by atoms with Crippen molar-refractivity contribution < 1.29 is 23.4 Å². The van der Waals surface area contributed by atoms with Gasteiger partial charge in [0.05, 0.1) is 36.5 Å². The molecule has 1 saturated heterocycles. The number of morpholine rings is 1. The lowest BCUT2D eigenvalue weighted by Gasteiger charge is -2.28. The molecule has 0 amide bonds. The van der Waals surface area contributed by atoms with Crippen LogP contribution in [-0.2, 0) is 16.1 Å². The highest BCUT2D eigenvalue weighted by Gasteiger charge is 2.22. The predicted octanol–water partition coefficient (Wildman–Crippen LogP) is 4.85. The number of hydrogen-bond donors (Lipinski definition) is 0. The van der Waals surface area contributed by atoms with Gasteiger partial charge in [0.25, 0.3) is 0 Å². The van der Waals surface area contributed by atoms with E-state index in [0.717, 1.165) is 24.3 Å². The maximum atomic E-state index is 12.1. The number of carbonyl (C=O) groups is 1. The highest BCUT2D eigenvalue weighted by Crippen LogP contribution is 2.35. The molecule has 0 atom stereocenters. The Balaban J connectivity index is 1.53. The number of rotatable bonds is 7. The molecule has 0 N–H and O–H groups in total. The van der Waals surface area contributed by atoms with Crippen LogP contribution in [0.5, 0.6) is 5.88 Å². The number of pyridine rings is 1. The molecule has 0 aliphatic carbocycles. The molecule has 0 spiro atoms. The van der Waals surface area contributed by atoms with E-state index in [9.17, 15) is 10.1 Å². The average Bonchev–Trinajstić information content (AvgIpc) is 3.60. The number of carbonyl (C=O) groups excluding carboxylic acids is 1. The van der Waals surface area contributed by atoms with Crippen LogP contribution >= 0.6 is 11.3 Å². The summed E-state index contributed by atoms with van der Waals surface area (Å²) in [7, 11) is 1.33. The minimum Gasteiger partial charge on any atom is -0.471 e. The monoisotopic (exact) mass is 516 g/mol. The molecule has 188 valence electrons. The second-order valence-electron chi connectivity index (χ2n) is 8.29. The molecule has 1 aliphatic rings. The number of hydrogen-bond acceptors (Lipinski definition) is 10. The zero-order valence-corrected chi connectivity index (χ0v) is 21.2. The average molecular weight is 517 g/mol. The normalized spacial score (nSPS) is 13.3. The van der Waals surface area contributed by atoms with E-state index >= 15 is 0 Å². The minimum atomic E-state index is -0.443. The topological polar surface area (TPSA) is 111 Å². The maximum Gasteiger partial charge on any atom is 0.339 e. The Bertz CT molecular complexity index is 1450. The largest absolute Gasteiger partial charge is 0.471 e. The highest BCUT2D eigenvalue weighted by molar-refractivity contribution is 7.10. The Hall–Kier alpha value is -4.20. The number of nitriles is 1. The van der Waals surface area contributed by atoms with E-state index in [1.54, 1.807) is 18.4 Å². The highest BCUT2D eigenvalue weighted by atomic mass is 32.1. The fraction of sp³-hybridized carbons (Fsp3) is 0.259. The van der Waals surface area contributed by atoms with Crippen molar-refractivity contribution in [3.05, 3.63) is 69.9 Å². The van der Waals surface area contributed by atoms with Crippen LogP contribution in [0.3, 0.4) is 0 Å². The molecule has 1 fully saturated rings. The third-order valence-electron chi connectivity index (χ3n) is 6.13. The molecule has 0 radical (unpaired) electrons. The second kappa shape index (κ2) is 10.8. The van der Waals surface area contributed by atoms with Gasteiger partial charge in [0.15, 0.2) is 6.39 Å². The summed E-state index contributed by atoms with van der Waals surface area (Å²) in [6, 6.07) is 13.8. The molecule has 4 heterocycles. The molecule has 4 aromatic rings. The van der Waals surface area contributed by atoms with E-state index in [1.807, 2.05) is 18.2 Å².